The third-order valence-corrected chi connectivity index (χ3v) is 6.68. The number of carbonyl (C=O) groups excluding carboxylic acids is 2. The van der Waals surface area contributed by atoms with Crippen LogP contribution in [0.25, 0.3) is 0 Å². The van der Waals surface area contributed by atoms with Crippen LogP contribution in [0.3, 0.4) is 0 Å². The minimum atomic E-state index is -0.808. The van der Waals surface area contributed by atoms with Crippen molar-refractivity contribution in [1.82, 2.24) is 4.90 Å². The Hall–Kier alpha value is -2.42. The lowest BCUT2D eigenvalue weighted by Gasteiger charge is -2.36. The van der Waals surface area contributed by atoms with E-state index in [0.29, 0.717) is 25.4 Å². The smallest absolute Gasteiger partial charge is 0.236 e. The summed E-state index contributed by atoms with van der Waals surface area (Å²) in [5.41, 5.74) is 1.01. The van der Waals surface area contributed by atoms with Crippen molar-refractivity contribution >= 4 is 11.7 Å². The minimum Gasteiger partial charge on any atom is -0.333 e. The third-order valence-electron chi connectivity index (χ3n) is 6.68. The molecule has 2 saturated carbocycles. The number of amides is 1. The molecule has 0 heterocycles. The maximum Gasteiger partial charge on any atom is 0.236 e. The standard InChI is InChI=1S/C24H27NO2/c1-23(2)20-13-14-24(15-20,21(23)26)22(27)25(16-18-9-5-3-6-10-18)17-19-11-7-4-8-12-19/h3-12,20H,13-17H2,1-2H3. The zero-order valence-corrected chi connectivity index (χ0v) is 16.2. The van der Waals surface area contributed by atoms with Gasteiger partial charge < -0.3 is 4.90 Å². The Kier molecular flexibility index (Phi) is 4.41. The monoisotopic (exact) mass is 361 g/mol. The van der Waals surface area contributed by atoms with Crippen LogP contribution in [0.15, 0.2) is 60.7 Å². The Bertz CT molecular complexity index is 802. The quantitative estimate of drug-likeness (QED) is 0.729. The molecule has 0 N–H and O–H groups in total. The van der Waals surface area contributed by atoms with Crippen LogP contribution in [0, 0.1) is 16.7 Å². The summed E-state index contributed by atoms with van der Waals surface area (Å²) >= 11 is 0. The summed E-state index contributed by atoms with van der Waals surface area (Å²) < 4.78 is 0. The number of carbonyl (C=O) groups is 2. The number of hydrogen-bond donors (Lipinski definition) is 0. The van der Waals surface area contributed by atoms with E-state index in [1.54, 1.807) is 0 Å². The van der Waals surface area contributed by atoms with Gasteiger partial charge in [-0.25, -0.2) is 0 Å². The van der Waals surface area contributed by atoms with Gasteiger partial charge in [-0.2, -0.15) is 0 Å². The van der Waals surface area contributed by atoms with Crippen molar-refractivity contribution in [3.05, 3.63) is 71.8 Å². The predicted octanol–water partition coefficient (Wildman–Crippen LogP) is 4.61. The van der Waals surface area contributed by atoms with Gasteiger partial charge in [0.25, 0.3) is 0 Å². The summed E-state index contributed by atoms with van der Waals surface area (Å²) in [7, 11) is 0. The van der Waals surface area contributed by atoms with E-state index in [9.17, 15) is 9.59 Å². The largest absolute Gasteiger partial charge is 0.333 e. The van der Waals surface area contributed by atoms with Gasteiger partial charge >= 0.3 is 0 Å². The SMILES string of the molecule is CC1(C)C(=O)C2(C(=O)N(Cc3ccccc3)Cc3ccccc3)CCC1C2. The Morgan fingerprint density at radius 1 is 0.963 bits per heavy atom. The van der Waals surface area contributed by atoms with Crippen LogP contribution in [0.2, 0.25) is 0 Å². The first-order valence-corrected chi connectivity index (χ1v) is 9.86. The number of Topliss-reactive ketones (excluding diaryl/α,β-unsaturated/α-hetero) is 1. The Balaban J connectivity index is 1.65. The molecule has 2 atom stereocenters. The highest BCUT2D eigenvalue weighted by Gasteiger charge is 2.65. The normalized spacial score (nSPS) is 25.6. The van der Waals surface area contributed by atoms with Gasteiger partial charge in [0.05, 0.1) is 0 Å². The molecule has 140 valence electrons. The lowest BCUT2D eigenvalue weighted by Crippen LogP contribution is -2.48. The summed E-state index contributed by atoms with van der Waals surface area (Å²) in [5.74, 6) is 0.514. The molecule has 1 amide bonds. The second-order valence-electron chi connectivity index (χ2n) is 8.71. The summed E-state index contributed by atoms with van der Waals surface area (Å²) in [6, 6.07) is 20.1. The number of hydrogen-bond acceptors (Lipinski definition) is 2. The molecule has 2 aromatic carbocycles. The Morgan fingerprint density at radius 3 is 1.93 bits per heavy atom. The molecular weight excluding hydrogens is 334 g/mol. The number of ketones is 1. The molecule has 2 fully saturated rings. The number of fused-ring (bicyclic) bond motifs is 2. The van der Waals surface area contributed by atoms with E-state index in [0.717, 1.165) is 24.0 Å². The van der Waals surface area contributed by atoms with Gasteiger partial charge in [-0.15, -0.1) is 0 Å². The van der Waals surface area contributed by atoms with Crippen LogP contribution >= 0.6 is 0 Å². The molecule has 2 bridgehead atoms. The molecule has 2 aliphatic rings. The molecule has 2 aromatic rings. The van der Waals surface area contributed by atoms with Crippen molar-refractivity contribution in [2.24, 2.45) is 16.7 Å². The molecular formula is C24H27NO2. The van der Waals surface area contributed by atoms with Gasteiger partial charge in [-0.3, -0.25) is 9.59 Å². The van der Waals surface area contributed by atoms with Crippen molar-refractivity contribution < 1.29 is 9.59 Å². The van der Waals surface area contributed by atoms with Gasteiger partial charge in [0.1, 0.15) is 5.41 Å². The van der Waals surface area contributed by atoms with Crippen LogP contribution in [0.5, 0.6) is 0 Å². The number of rotatable bonds is 5. The summed E-state index contributed by atoms with van der Waals surface area (Å²) in [6.07, 6.45) is 2.41. The molecule has 0 radical (unpaired) electrons. The van der Waals surface area contributed by atoms with Crippen molar-refractivity contribution in [2.75, 3.05) is 0 Å². The summed E-state index contributed by atoms with van der Waals surface area (Å²) in [6.45, 7) is 5.11. The van der Waals surface area contributed by atoms with E-state index < -0.39 is 5.41 Å². The second kappa shape index (κ2) is 6.63. The van der Waals surface area contributed by atoms with E-state index in [4.69, 9.17) is 0 Å². The average Bonchev–Trinajstić information content (AvgIpc) is 3.21. The highest BCUT2D eigenvalue weighted by molar-refractivity contribution is 6.10. The predicted molar refractivity (Wildman–Crippen MR) is 106 cm³/mol. The molecule has 0 aliphatic heterocycles. The Labute approximate surface area is 161 Å². The van der Waals surface area contributed by atoms with E-state index in [1.165, 1.54) is 0 Å². The van der Waals surface area contributed by atoms with Crippen LogP contribution in [0.4, 0.5) is 0 Å². The highest BCUT2D eigenvalue weighted by atomic mass is 16.2. The van der Waals surface area contributed by atoms with Gasteiger partial charge in [0.15, 0.2) is 5.78 Å². The lowest BCUT2D eigenvalue weighted by atomic mass is 9.70. The topological polar surface area (TPSA) is 37.4 Å². The van der Waals surface area contributed by atoms with Crippen LogP contribution in [-0.2, 0) is 22.7 Å². The average molecular weight is 361 g/mol. The first kappa shape index (κ1) is 18.0. The fourth-order valence-corrected chi connectivity index (χ4v) is 5.07. The number of nitrogens with zero attached hydrogens (tertiary/aromatic N) is 1. The van der Waals surface area contributed by atoms with E-state index in [2.05, 4.69) is 0 Å². The molecule has 3 nitrogen and oxygen atoms in total. The Morgan fingerprint density at radius 2 is 1.48 bits per heavy atom. The zero-order valence-electron chi connectivity index (χ0n) is 16.2. The molecule has 0 saturated heterocycles. The molecule has 27 heavy (non-hydrogen) atoms. The van der Waals surface area contributed by atoms with E-state index >= 15 is 0 Å². The highest BCUT2D eigenvalue weighted by Crippen LogP contribution is 2.60. The van der Waals surface area contributed by atoms with Gasteiger partial charge in [0, 0.05) is 18.5 Å². The maximum atomic E-state index is 13.7. The summed E-state index contributed by atoms with van der Waals surface area (Å²) in [5, 5.41) is 0. The second-order valence-corrected chi connectivity index (χ2v) is 8.71. The minimum absolute atomic E-state index is 0.0216. The molecule has 3 heteroatoms. The first-order chi connectivity index (χ1) is 12.9. The van der Waals surface area contributed by atoms with Crippen LogP contribution in [-0.4, -0.2) is 16.6 Å². The fourth-order valence-electron chi connectivity index (χ4n) is 5.07. The lowest BCUT2D eigenvalue weighted by molar-refractivity contribution is -0.152. The molecule has 0 spiro atoms. The van der Waals surface area contributed by atoms with E-state index in [-0.39, 0.29) is 17.1 Å². The molecule has 0 aromatic heterocycles. The van der Waals surface area contributed by atoms with E-state index in [1.807, 2.05) is 79.4 Å². The van der Waals surface area contributed by atoms with Gasteiger partial charge in [-0.1, -0.05) is 74.5 Å². The zero-order chi connectivity index (χ0) is 19.1. The van der Waals surface area contributed by atoms with Gasteiger partial charge in [-0.05, 0) is 36.3 Å². The maximum absolute atomic E-state index is 13.7. The van der Waals surface area contributed by atoms with Crippen LogP contribution in [0.1, 0.15) is 44.2 Å². The summed E-state index contributed by atoms with van der Waals surface area (Å²) in [4.78, 5) is 28.8. The van der Waals surface area contributed by atoms with Gasteiger partial charge in [0.2, 0.25) is 5.91 Å². The van der Waals surface area contributed by atoms with Crippen LogP contribution < -0.4 is 0 Å². The third kappa shape index (κ3) is 2.99. The molecule has 4 rings (SSSR count). The van der Waals surface area contributed by atoms with Crippen molar-refractivity contribution in [3.8, 4) is 0 Å². The van der Waals surface area contributed by atoms with Crippen molar-refractivity contribution in [3.63, 3.8) is 0 Å². The van der Waals surface area contributed by atoms with Crippen molar-refractivity contribution in [2.45, 2.75) is 46.2 Å². The van der Waals surface area contributed by atoms with Crippen molar-refractivity contribution in [1.29, 1.82) is 0 Å². The first-order valence-electron chi connectivity index (χ1n) is 9.86. The fraction of sp³-hybridized carbons (Fsp3) is 0.417. The molecule has 2 aliphatic carbocycles. The number of benzene rings is 2. The molecule has 2 unspecified atom stereocenters.